The lowest BCUT2D eigenvalue weighted by molar-refractivity contribution is -0.148. The van der Waals surface area contributed by atoms with Gasteiger partial charge >= 0.3 is 5.97 Å². The van der Waals surface area contributed by atoms with Crippen molar-refractivity contribution in [3.63, 3.8) is 0 Å². The van der Waals surface area contributed by atoms with Crippen LogP contribution in [0, 0.1) is 0 Å². The Morgan fingerprint density at radius 2 is 2.00 bits per heavy atom. The Balaban J connectivity index is 2.38. The Morgan fingerprint density at radius 1 is 1.22 bits per heavy atom. The average molecular weight is 312 g/mol. The van der Waals surface area contributed by atoms with E-state index in [1.54, 1.807) is 12.4 Å². The van der Waals surface area contributed by atoms with E-state index >= 15 is 0 Å². The van der Waals surface area contributed by atoms with Gasteiger partial charge in [0.1, 0.15) is 6.04 Å². The van der Waals surface area contributed by atoms with Gasteiger partial charge in [-0.2, -0.15) is 0 Å². The van der Waals surface area contributed by atoms with Crippen LogP contribution >= 0.6 is 0 Å². The number of rotatable bonds is 7. The molecule has 1 aliphatic heterocycles. The number of hydrogen-bond acceptors (Lipinski definition) is 4. The first-order chi connectivity index (χ1) is 11.3. The van der Waals surface area contributed by atoms with Crippen molar-refractivity contribution < 1.29 is 9.53 Å². The predicted molar refractivity (Wildman–Crippen MR) is 93.1 cm³/mol. The summed E-state index contributed by atoms with van der Waals surface area (Å²) in [5, 5.41) is 0. The fraction of sp³-hybridized carbons (Fsp3) is 0.368. The molecular formula is C19H24N2O2. The Hall–Kier alpha value is -2.36. The van der Waals surface area contributed by atoms with E-state index in [1.165, 1.54) is 0 Å². The first-order valence-corrected chi connectivity index (χ1v) is 8.13. The molecule has 23 heavy (non-hydrogen) atoms. The summed E-state index contributed by atoms with van der Waals surface area (Å²) < 4.78 is 5.36. The summed E-state index contributed by atoms with van der Waals surface area (Å²) in [6.45, 7) is 4.35. The maximum atomic E-state index is 12.7. The molecule has 122 valence electrons. The Kier molecular flexibility index (Phi) is 6.60. The number of esters is 1. The van der Waals surface area contributed by atoms with Crippen molar-refractivity contribution in [2.75, 3.05) is 6.61 Å². The number of allylic oxidation sites excluding steroid dienone is 1. The van der Waals surface area contributed by atoms with Crippen LogP contribution in [0.3, 0.4) is 0 Å². The van der Waals surface area contributed by atoms with Crippen molar-refractivity contribution >= 4 is 12.2 Å². The number of aliphatic imine (C=N–C) groups is 1. The van der Waals surface area contributed by atoms with E-state index in [-0.39, 0.29) is 11.9 Å². The Bertz CT molecular complexity index is 562. The maximum Gasteiger partial charge on any atom is 0.329 e. The van der Waals surface area contributed by atoms with Crippen LogP contribution in [0.15, 0.2) is 60.0 Å². The van der Waals surface area contributed by atoms with E-state index in [0.29, 0.717) is 6.61 Å². The van der Waals surface area contributed by atoms with Crippen LogP contribution in [0.1, 0.15) is 38.2 Å². The first kappa shape index (κ1) is 17.0. The molecular weight excluding hydrogens is 288 g/mol. The number of benzene rings is 1. The number of carbonyl (C=O) groups is 1. The summed E-state index contributed by atoms with van der Waals surface area (Å²) in [7, 11) is 0. The molecule has 1 aromatic carbocycles. The van der Waals surface area contributed by atoms with Gasteiger partial charge < -0.3 is 9.64 Å². The minimum atomic E-state index is -0.397. The fourth-order valence-electron chi connectivity index (χ4n) is 2.83. The molecule has 0 saturated heterocycles. The van der Waals surface area contributed by atoms with Crippen LogP contribution in [-0.2, 0) is 9.53 Å². The molecule has 4 heteroatoms. The van der Waals surface area contributed by atoms with Gasteiger partial charge in [0, 0.05) is 30.7 Å². The highest BCUT2D eigenvalue weighted by molar-refractivity contribution is 5.78. The second kappa shape index (κ2) is 8.93. The largest absolute Gasteiger partial charge is 0.464 e. The third kappa shape index (κ3) is 4.55. The van der Waals surface area contributed by atoms with Crippen molar-refractivity contribution in [1.29, 1.82) is 0 Å². The quantitative estimate of drug-likeness (QED) is 0.718. The number of hydrogen-bond donors (Lipinski definition) is 0. The van der Waals surface area contributed by atoms with Gasteiger partial charge in [0.05, 0.1) is 6.61 Å². The minimum absolute atomic E-state index is 0.0626. The minimum Gasteiger partial charge on any atom is -0.464 e. The van der Waals surface area contributed by atoms with E-state index in [1.807, 2.05) is 48.5 Å². The molecule has 0 spiro atoms. The third-order valence-corrected chi connectivity index (χ3v) is 3.81. The van der Waals surface area contributed by atoms with Crippen molar-refractivity contribution in [3.05, 3.63) is 60.6 Å². The highest BCUT2D eigenvalue weighted by Crippen LogP contribution is 2.30. The average Bonchev–Trinajstić information content (AvgIpc) is 2.85. The van der Waals surface area contributed by atoms with Crippen LogP contribution in [-0.4, -0.2) is 29.7 Å². The summed E-state index contributed by atoms with van der Waals surface area (Å²) in [5.41, 5.74) is 1.15. The topological polar surface area (TPSA) is 41.9 Å². The lowest BCUT2D eigenvalue weighted by Gasteiger charge is -2.32. The van der Waals surface area contributed by atoms with E-state index in [4.69, 9.17) is 4.74 Å². The molecule has 1 aromatic rings. The van der Waals surface area contributed by atoms with Crippen LogP contribution in [0.2, 0.25) is 0 Å². The molecule has 2 atom stereocenters. The molecule has 0 amide bonds. The van der Waals surface area contributed by atoms with Gasteiger partial charge in [0.15, 0.2) is 0 Å². The van der Waals surface area contributed by atoms with Crippen LogP contribution < -0.4 is 0 Å². The van der Waals surface area contributed by atoms with Gasteiger partial charge in [-0.05, 0) is 25.0 Å². The van der Waals surface area contributed by atoms with E-state index in [2.05, 4.69) is 24.0 Å². The summed E-state index contributed by atoms with van der Waals surface area (Å²) >= 11 is 0. The van der Waals surface area contributed by atoms with Crippen LogP contribution in [0.25, 0.3) is 0 Å². The van der Waals surface area contributed by atoms with Gasteiger partial charge in [-0.1, -0.05) is 43.7 Å². The molecule has 0 fully saturated rings. The van der Waals surface area contributed by atoms with Crippen LogP contribution in [0.5, 0.6) is 0 Å². The van der Waals surface area contributed by atoms with Gasteiger partial charge in [0.25, 0.3) is 0 Å². The Labute approximate surface area is 138 Å². The normalized spacial score (nSPS) is 16.0. The SMILES string of the molecule is CCCC(c1ccccc1)C(C(=O)OCC)N1C=CC=NC=C1. The van der Waals surface area contributed by atoms with E-state index in [9.17, 15) is 4.79 Å². The van der Waals surface area contributed by atoms with Gasteiger partial charge in [-0.25, -0.2) is 4.79 Å². The molecule has 0 bridgehead atoms. The molecule has 0 saturated carbocycles. The molecule has 0 aliphatic carbocycles. The molecule has 4 nitrogen and oxygen atoms in total. The Morgan fingerprint density at radius 3 is 2.70 bits per heavy atom. The van der Waals surface area contributed by atoms with Crippen molar-refractivity contribution in [2.45, 2.75) is 38.6 Å². The van der Waals surface area contributed by atoms with Crippen molar-refractivity contribution in [3.8, 4) is 0 Å². The predicted octanol–water partition coefficient (Wildman–Crippen LogP) is 3.87. The molecule has 0 N–H and O–H groups in total. The maximum absolute atomic E-state index is 12.7. The summed E-state index contributed by atoms with van der Waals surface area (Å²) in [6, 6.07) is 9.77. The molecule has 1 heterocycles. The lowest BCUT2D eigenvalue weighted by Crippen LogP contribution is -2.41. The zero-order valence-corrected chi connectivity index (χ0v) is 13.8. The van der Waals surface area contributed by atoms with Crippen molar-refractivity contribution in [2.24, 2.45) is 4.99 Å². The summed E-state index contributed by atoms with van der Waals surface area (Å²) in [5.74, 6) is -0.140. The third-order valence-electron chi connectivity index (χ3n) is 3.81. The highest BCUT2D eigenvalue weighted by atomic mass is 16.5. The monoisotopic (exact) mass is 312 g/mol. The molecule has 0 radical (unpaired) electrons. The zero-order valence-electron chi connectivity index (χ0n) is 13.8. The van der Waals surface area contributed by atoms with Gasteiger partial charge in [-0.3, -0.25) is 4.99 Å². The second-order valence-electron chi connectivity index (χ2n) is 5.39. The number of ether oxygens (including phenoxy) is 1. The summed E-state index contributed by atoms with van der Waals surface area (Å²) in [6.07, 6.45) is 10.8. The first-order valence-electron chi connectivity index (χ1n) is 8.13. The summed E-state index contributed by atoms with van der Waals surface area (Å²) in [4.78, 5) is 18.7. The highest BCUT2D eigenvalue weighted by Gasteiger charge is 2.33. The van der Waals surface area contributed by atoms with Gasteiger partial charge in [-0.15, -0.1) is 0 Å². The standard InChI is InChI=1S/C19H24N2O2/c1-3-9-17(16-10-6-5-7-11-16)18(19(22)23-4-2)21-14-8-12-20-13-15-21/h5-8,10-15,17-18H,3-4,9H2,1-2H3. The molecule has 0 aromatic heterocycles. The zero-order chi connectivity index (χ0) is 16.5. The molecule has 2 rings (SSSR count). The van der Waals surface area contributed by atoms with E-state index < -0.39 is 6.04 Å². The van der Waals surface area contributed by atoms with Crippen molar-refractivity contribution in [1.82, 2.24) is 4.90 Å². The fourth-order valence-corrected chi connectivity index (χ4v) is 2.83. The second-order valence-corrected chi connectivity index (χ2v) is 5.39. The van der Waals surface area contributed by atoms with Gasteiger partial charge in [0.2, 0.25) is 0 Å². The smallest absolute Gasteiger partial charge is 0.329 e. The van der Waals surface area contributed by atoms with E-state index in [0.717, 1.165) is 18.4 Å². The lowest BCUT2D eigenvalue weighted by atomic mass is 9.86. The molecule has 1 aliphatic rings. The number of carbonyl (C=O) groups excluding carboxylic acids is 1. The molecule has 2 unspecified atom stereocenters. The van der Waals surface area contributed by atoms with Crippen LogP contribution in [0.4, 0.5) is 0 Å². The number of nitrogens with zero attached hydrogens (tertiary/aromatic N) is 2.